The summed E-state index contributed by atoms with van der Waals surface area (Å²) in [6, 6.07) is 7.68. The number of aromatic nitrogens is 2. The van der Waals surface area contributed by atoms with Crippen LogP contribution in [0.1, 0.15) is 93.9 Å². The zero-order valence-electron chi connectivity index (χ0n) is 25.2. The molecule has 1 aromatic heterocycles. The van der Waals surface area contributed by atoms with Crippen LogP contribution in [0.2, 0.25) is 0 Å². The van der Waals surface area contributed by atoms with Crippen LogP contribution in [0.25, 0.3) is 11.5 Å². The van der Waals surface area contributed by atoms with Gasteiger partial charge >= 0.3 is 0 Å². The largest absolute Gasteiger partial charge is 0.493 e. The minimum absolute atomic E-state index is 0.0518. The second-order valence-electron chi connectivity index (χ2n) is 11.3. The van der Waals surface area contributed by atoms with Gasteiger partial charge in [-0.3, -0.25) is 4.79 Å². The molecule has 0 aliphatic heterocycles. The van der Waals surface area contributed by atoms with E-state index in [-0.39, 0.29) is 23.2 Å². The molecule has 1 amide bonds. The summed E-state index contributed by atoms with van der Waals surface area (Å²) in [5.41, 5.74) is 0.180. The van der Waals surface area contributed by atoms with Gasteiger partial charge in [-0.05, 0) is 84.6 Å². The number of rotatable bonds is 19. The zero-order chi connectivity index (χ0) is 28.9. The predicted molar refractivity (Wildman–Crippen MR) is 157 cm³/mol. The van der Waals surface area contributed by atoms with Crippen molar-refractivity contribution in [3.63, 3.8) is 0 Å². The highest BCUT2D eigenvalue weighted by molar-refractivity contribution is 7.99. The zero-order valence-corrected chi connectivity index (χ0v) is 26.0. The summed E-state index contributed by atoms with van der Waals surface area (Å²) < 4.78 is 23.5. The van der Waals surface area contributed by atoms with Crippen molar-refractivity contribution in [2.24, 2.45) is 0 Å². The summed E-state index contributed by atoms with van der Waals surface area (Å²) in [6.45, 7) is 18.3. The van der Waals surface area contributed by atoms with E-state index in [0.717, 1.165) is 43.4 Å². The molecule has 0 fully saturated rings. The Morgan fingerprint density at radius 3 is 2.38 bits per heavy atom. The van der Waals surface area contributed by atoms with E-state index in [1.807, 2.05) is 38.1 Å². The third-order valence-electron chi connectivity index (χ3n) is 6.58. The third kappa shape index (κ3) is 13.2. The first-order valence-electron chi connectivity index (χ1n) is 14.2. The number of ether oxygens (including phenoxy) is 3. The lowest BCUT2D eigenvalue weighted by molar-refractivity contribution is -0.123. The van der Waals surface area contributed by atoms with Crippen molar-refractivity contribution in [3.05, 3.63) is 24.3 Å². The van der Waals surface area contributed by atoms with Crippen molar-refractivity contribution in [1.82, 2.24) is 15.5 Å². The summed E-state index contributed by atoms with van der Waals surface area (Å²) in [5, 5.41) is 12.4. The van der Waals surface area contributed by atoms with Gasteiger partial charge in [0.05, 0.1) is 18.3 Å². The van der Waals surface area contributed by atoms with Crippen LogP contribution in [0.4, 0.5) is 0 Å². The van der Waals surface area contributed by atoms with Gasteiger partial charge in [-0.25, -0.2) is 0 Å². The first-order chi connectivity index (χ1) is 18.4. The maximum absolute atomic E-state index is 12.3. The molecule has 1 N–H and O–H groups in total. The summed E-state index contributed by atoms with van der Waals surface area (Å²) in [6.07, 6.45) is 4.92. The van der Waals surface area contributed by atoms with Crippen LogP contribution in [0, 0.1) is 0 Å². The van der Waals surface area contributed by atoms with Gasteiger partial charge in [0.15, 0.2) is 0 Å². The Morgan fingerprint density at radius 1 is 1.00 bits per heavy atom. The molecule has 0 aliphatic rings. The molecule has 0 spiro atoms. The van der Waals surface area contributed by atoms with Crippen LogP contribution in [0.5, 0.6) is 5.75 Å². The molecule has 220 valence electrons. The van der Waals surface area contributed by atoms with E-state index in [2.05, 4.69) is 57.1 Å². The molecule has 0 radical (unpaired) electrons. The van der Waals surface area contributed by atoms with E-state index in [9.17, 15) is 4.79 Å². The number of hydrogen-bond donors (Lipinski definition) is 1. The van der Waals surface area contributed by atoms with Crippen LogP contribution in [0.15, 0.2) is 33.9 Å². The number of nitrogens with zero attached hydrogens (tertiary/aromatic N) is 2. The molecular weight excluding hydrogens is 514 g/mol. The first kappa shape index (κ1) is 33.1. The third-order valence-corrected chi connectivity index (χ3v) is 7.68. The van der Waals surface area contributed by atoms with E-state index in [1.165, 1.54) is 0 Å². The number of amides is 1. The van der Waals surface area contributed by atoms with E-state index in [1.54, 1.807) is 11.8 Å². The van der Waals surface area contributed by atoms with Crippen molar-refractivity contribution in [2.75, 3.05) is 19.8 Å². The Hall–Kier alpha value is -2.10. The van der Waals surface area contributed by atoms with Gasteiger partial charge in [0.2, 0.25) is 11.8 Å². The van der Waals surface area contributed by atoms with Gasteiger partial charge in [-0.1, -0.05) is 32.5 Å². The van der Waals surface area contributed by atoms with Gasteiger partial charge in [0.25, 0.3) is 5.22 Å². The molecule has 1 heterocycles. The lowest BCUT2D eigenvalue weighted by Gasteiger charge is -2.30. The molecule has 39 heavy (non-hydrogen) atoms. The Balaban J connectivity index is 1.68. The fraction of sp³-hybridized carbons (Fsp3) is 0.700. The maximum atomic E-state index is 12.3. The molecule has 2 atom stereocenters. The quantitative estimate of drug-likeness (QED) is 0.143. The van der Waals surface area contributed by atoms with E-state index >= 15 is 0 Å². The number of carbonyl (C=O) groups excluding carboxylic acids is 1. The van der Waals surface area contributed by atoms with Crippen LogP contribution in [0.3, 0.4) is 0 Å². The molecule has 8 nitrogen and oxygen atoms in total. The lowest BCUT2D eigenvalue weighted by atomic mass is 10.00. The normalized spacial score (nSPS) is 13.7. The van der Waals surface area contributed by atoms with Crippen molar-refractivity contribution >= 4 is 17.7 Å². The average Bonchev–Trinajstić information content (AvgIpc) is 3.34. The molecular formula is C30H49N3O5S. The number of nitrogens with one attached hydrogen (secondary N) is 1. The second-order valence-corrected chi connectivity index (χ2v) is 12.7. The molecule has 9 heteroatoms. The monoisotopic (exact) mass is 563 g/mol. The Morgan fingerprint density at radius 2 is 1.72 bits per heavy atom. The van der Waals surface area contributed by atoms with E-state index in [4.69, 9.17) is 18.6 Å². The van der Waals surface area contributed by atoms with Crippen molar-refractivity contribution in [1.29, 1.82) is 0 Å². The highest BCUT2D eigenvalue weighted by Gasteiger charge is 2.24. The Labute approximate surface area is 239 Å². The smallest absolute Gasteiger partial charge is 0.277 e. The van der Waals surface area contributed by atoms with Crippen molar-refractivity contribution in [2.45, 2.75) is 122 Å². The van der Waals surface area contributed by atoms with Crippen molar-refractivity contribution < 1.29 is 23.4 Å². The summed E-state index contributed by atoms with van der Waals surface area (Å²) in [5.74, 6) is 1.34. The minimum atomic E-state index is -0.346. The Bertz CT molecular complexity index is 977. The van der Waals surface area contributed by atoms with Crippen molar-refractivity contribution in [3.8, 4) is 17.2 Å². The second kappa shape index (κ2) is 16.2. The summed E-state index contributed by atoms with van der Waals surface area (Å²) in [4.78, 5) is 12.3. The summed E-state index contributed by atoms with van der Waals surface area (Å²) in [7, 11) is 0. The van der Waals surface area contributed by atoms with E-state index in [0.29, 0.717) is 42.6 Å². The number of benzene rings is 1. The maximum Gasteiger partial charge on any atom is 0.277 e. The number of hydrogen-bond acceptors (Lipinski definition) is 8. The predicted octanol–water partition coefficient (Wildman–Crippen LogP) is 7.07. The molecule has 0 saturated heterocycles. The van der Waals surface area contributed by atoms with Gasteiger partial charge in [0.1, 0.15) is 5.75 Å². The molecule has 0 saturated carbocycles. The minimum Gasteiger partial charge on any atom is -0.493 e. The van der Waals surface area contributed by atoms with Gasteiger partial charge in [-0.15, -0.1) is 10.2 Å². The average molecular weight is 564 g/mol. The standard InChI is InChI=1S/C30H49N3O5S/c1-9-22(3)35-19-11-12-26(34)31-29(5,6)17-21-37-30(7,8)18-20-36-25-15-13-24(14-16-25)27-32-33-28(38-27)39-23(4)10-2/h13-16,22-23H,9-12,17-21H2,1-8H3,(H,31,34). The molecule has 0 bridgehead atoms. The lowest BCUT2D eigenvalue weighted by Crippen LogP contribution is -2.44. The molecule has 2 aromatic rings. The van der Waals surface area contributed by atoms with Gasteiger partial charge in [-0.2, -0.15) is 0 Å². The number of carbonyl (C=O) groups is 1. The number of thioether (sulfide) groups is 1. The molecule has 1 aromatic carbocycles. The fourth-order valence-corrected chi connectivity index (χ4v) is 4.26. The van der Waals surface area contributed by atoms with Gasteiger partial charge in [0, 0.05) is 42.4 Å². The van der Waals surface area contributed by atoms with Crippen LogP contribution in [-0.4, -0.2) is 58.4 Å². The summed E-state index contributed by atoms with van der Waals surface area (Å²) >= 11 is 1.59. The van der Waals surface area contributed by atoms with Gasteiger partial charge < -0.3 is 23.9 Å². The van der Waals surface area contributed by atoms with E-state index < -0.39 is 0 Å². The SMILES string of the molecule is CCC(C)OCCCC(=O)NC(C)(C)CCOC(C)(C)CCOc1ccc(-c2nnc(SC(C)CC)o2)cc1. The first-order valence-corrected chi connectivity index (χ1v) is 15.1. The Kier molecular flexibility index (Phi) is 13.8. The van der Waals surface area contributed by atoms with Crippen LogP contribution >= 0.6 is 11.8 Å². The topological polar surface area (TPSA) is 95.7 Å². The highest BCUT2D eigenvalue weighted by atomic mass is 32.2. The molecule has 2 rings (SSSR count). The highest BCUT2D eigenvalue weighted by Crippen LogP contribution is 2.28. The molecule has 2 unspecified atom stereocenters. The molecule has 0 aliphatic carbocycles. The van der Waals surface area contributed by atoms with Crippen LogP contribution in [-0.2, 0) is 14.3 Å². The fourth-order valence-electron chi connectivity index (χ4n) is 3.53. The van der Waals surface area contributed by atoms with Crippen LogP contribution < -0.4 is 10.1 Å².